The van der Waals surface area contributed by atoms with Crippen molar-refractivity contribution < 1.29 is 28.5 Å². The average Bonchev–Trinajstić information content (AvgIpc) is 3.34. The highest BCUT2D eigenvalue weighted by molar-refractivity contribution is 5.92. The highest BCUT2D eigenvalue weighted by Crippen LogP contribution is 2.41. The van der Waals surface area contributed by atoms with E-state index in [2.05, 4.69) is 6.07 Å². The molecule has 0 saturated carbocycles. The minimum absolute atomic E-state index is 0.173. The Morgan fingerprint density at radius 3 is 2.41 bits per heavy atom. The maximum atomic E-state index is 12.7. The fourth-order valence-corrected chi connectivity index (χ4v) is 4.13. The Morgan fingerprint density at radius 1 is 1.06 bits per heavy atom. The molecule has 0 bridgehead atoms. The number of benzene rings is 2. The fraction of sp³-hybridized carbons (Fsp3) is 0.231. The van der Waals surface area contributed by atoms with Crippen LogP contribution >= 0.6 is 0 Å². The number of carbonyl (C=O) groups excluding carboxylic acids is 1. The first-order chi connectivity index (χ1) is 16.4. The van der Waals surface area contributed by atoms with Gasteiger partial charge in [-0.2, -0.15) is 5.26 Å². The summed E-state index contributed by atoms with van der Waals surface area (Å²) in [7, 11) is 4.49. The molecule has 1 heterocycles. The van der Waals surface area contributed by atoms with Gasteiger partial charge in [0.15, 0.2) is 23.0 Å². The Kier molecular flexibility index (Phi) is 6.19. The Morgan fingerprint density at radius 2 is 1.79 bits per heavy atom. The number of nitriles is 1. The summed E-state index contributed by atoms with van der Waals surface area (Å²) in [6.45, 7) is 0.182. The molecule has 2 aliphatic rings. The summed E-state index contributed by atoms with van der Waals surface area (Å²) < 4.78 is 27.1. The molecular formula is C26H24N2O6. The van der Waals surface area contributed by atoms with E-state index in [1.807, 2.05) is 12.1 Å². The first-order valence-electron chi connectivity index (χ1n) is 10.5. The zero-order chi connectivity index (χ0) is 24.3. The van der Waals surface area contributed by atoms with Crippen molar-refractivity contribution in [1.29, 1.82) is 5.26 Å². The predicted molar refractivity (Wildman–Crippen MR) is 124 cm³/mol. The van der Waals surface area contributed by atoms with Crippen molar-refractivity contribution in [3.05, 3.63) is 82.5 Å². The molecule has 1 amide bonds. The SMILES string of the molecule is COC1=CC(C(N)=O)(c2ccc(C(C#N)=Cc3ccc4c(c3)OCO4)cc2)CC(OC)=C1OC. The summed E-state index contributed by atoms with van der Waals surface area (Å²) >= 11 is 0. The lowest BCUT2D eigenvalue weighted by molar-refractivity contribution is -0.122. The van der Waals surface area contributed by atoms with Crippen molar-refractivity contribution in [2.45, 2.75) is 11.8 Å². The number of ether oxygens (including phenoxy) is 5. The van der Waals surface area contributed by atoms with Gasteiger partial charge in [0.2, 0.25) is 12.7 Å². The average molecular weight is 460 g/mol. The lowest BCUT2D eigenvalue weighted by Crippen LogP contribution is -2.42. The minimum atomic E-state index is -1.20. The van der Waals surface area contributed by atoms with Crippen molar-refractivity contribution in [3.8, 4) is 17.6 Å². The maximum Gasteiger partial charge on any atom is 0.232 e. The second-order valence-electron chi connectivity index (χ2n) is 7.75. The molecule has 0 fully saturated rings. The monoisotopic (exact) mass is 460 g/mol. The van der Waals surface area contributed by atoms with E-state index in [1.54, 1.807) is 42.5 Å². The van der Waals surface area contributed by atoms with Gasteiger partial charge in [-0.1, -0.05) is 30.3 Å². The van der Waals surface area contributed by atoms with Crippen LogP contribution in [0, 0.1) is 11.3 Å². The van der Waals surface area contributed by atoms with Gasteiger partial charge in [-0.3, -0.25) is 4.79 Å². The van der Waals surface area contributed by atoms with Crippen LogP contribution in [0.15, 0.2) is 65.8 Å². The lowest BCUT2D eigenvalue weighted by atomic mass is 9.73. The van der Waals surface area contributed by atoms with Crippen LogP contribution in [0.4, 0.5) is 0 Å². The zero-order valence-corrected chi connectivity index (χ0v) is 19.1. The second kappa shape index (κ2) is 9.24. The van der Waals surface area contributed by atoms with Gasteiger partial charge in [-0.05, 0) is 41.0 Å². The molecule has 2 N–H and O–H groups in total. The number of carbonyl (C=O) groups is 1. The van der Waals surface area contributed by atoms with Crippen LogP contribution in [0.2, 0.25) is 0 Å². The minimum Gasteiger partial charge on any atom is -0.497 e. The number of primary amides is 1. The van der Waals surface area contributed by atoms with E-state index in [0.29, 0.717) is 45.5 Å². The van der Waals surface area contributed by atoms with Crippen molar-refractivity contribution in [1.82, 2.24) is 0 Å². The summed E-state index contributed by atoms with van der Waals surface area (Å²) in [5.41, 5.74) is 7.27. The van der Waals surface area contributed by atoms with Crippen molar-refractivity contribution in [2.24, 2.45) is 5.73 Å². The van der Waals surface area contributed by atoms with Gasteiger partial charge in [0.1, 0.15) is 11.2 Å². The van der Waals surface area contributed by atoms with E-state index in [9.17, 15) is 10.1 Å². The molecule has 1 atom stereocenters. The lowest BCUT2D eigenvalue weighted by Gasteiger charge is -2.33. The van der Waals surface area contributed by atoms with Crippen molar-refractivity contribution in [3.63, 3.8) is 0 Å². The zero-order valence-electron chi connectivity index (χ0n) is 19.1. The van der Waals surface area contributed by atoms with Crippen molar-refractivity contribution >= 4 is 17.6 Å². The number of fused-ring (bicyclic) bond motifs is 1. The van der Waals surface area contributed by atoms with Crippen LogP contribution < -0.4 is 15.2 Å². The van der Waals surface area contributed by atoms with Gasteiger partial charge in [0, 0.05) is 6.42 Å². The number of methoxy groups -OCH3 is 3. The number of nitrogens with zero attached hydrogens (tertiary/aromatic N) is 1. The Hall–Kier alpha value is -4.38. The normalized spacial score (nSPS) is 19.2. The molecule has 0 radical (unpaired) electrons. The Balaban J connectivity index is 1.70. The molecule has 1 unspecified atom stereocenters. The number of allylic oxidation sites excluding steroid dienone is 2. The fourth-order valence-electron chi connectivity index (χ4n) is 4.13. The van der Waals surface area contributed by atoms with Crippen molar-refractivity contribution in [2.75, 3.05) is 28.1 Å². The van der Waals surface area contributed by atoms with E-state index in [0.717, 1.165) is 5.56 Å². The van der Waals surface area contributed by atoms with E-state index in [-0.39, 0.29) is 13.2 Å². The highest BCUT2D eigenvalue weighted by Gasteiger charge is 2.43. The second-order valence-corrected chi connectivity index (χ2v) is 7.75. The molecular weight excluding hydrogens is 436 g/mol. The summed E-state index contributed by atoms with van der Waals surface area (Å²) in [6.07, 6.45) is 3.59. The summed E-state index contributed by atoms with van der Waals surface area (Å²) in [6, 6.07) is 14.8. The molecule has 174 valence electrons. The first-order valence-corrected chi connectivity index (χ1v) is 10.5. The van der Waals surface area contributed by atoms with E-state index >= 15 is 0 Å². The molecule has 2 aromatic rings. The van der Waals surface area contributed by atoms with E-state index < -0.39 is 11.3 Å². The number of rotatable bonds is 7. The van der Waals surface area contributed by atoms with E-state index in [1.165, 1.54) is 21.3 Å². The van der Waals surface area contributed by atoms with Gasteiger partial charge in [-0.15, -0.1) is 0 Å². The first kappa shape index (κ1) is 22.8. The highest BCUT2D eigenvalue weighted by atomic mass is 16.7. The number of hydrogen-bond donors (Lipinski definition) is 1. The van der Waals surface area contributed by atoms with Crippen LogP contribution in [0.25, 0.3) is 11.6 Å². The molecule has 2 aromatic carbocycles. The molecule has 8 nitrogen and oxygen atoms in total. The quantitative estimate of drug-likeness (QED) is 0.496. The number of hydrogen-bond acceptors (Lipinski definition) is 7. The van der Waals surface area contributed by atoms with Crippen LogP contribution in [-0.4, -0.2) is 34.0 Å². The molecule has 4 rings (SSSR count). The Bertz CT molecular complexity index is 1250. The van der Waals surface area contributed by atoms with Gasteiger partial charge in [0.05, 0.1) is 33.0 Å². The number of amides is 1. The molecule has 34 heavy (non-hydrogen) atoms. The molecule has 1 aliphatic carbocycles. The molecule has 1 aliphatic heterocycles. The summed E-state index contributed by atoms with van der Waals surface area (Å²) in [5.74, 6) is 1.97. The predicted octanol–water partition coefficient (Wildman–Crippen LogP) is 3.64. The maximum absolute atomic E-state index is 12.7. The van der Waals surface area contributed by atoms with Crippen LogP contribution in [-0.2, 0) is 24.4 Å². The van der Waals surface area contributed by atoms with Gasteiger partial charge >= 0.3 is 0 Å². The van der Waals surface area contributed by atoms with Gasteiger partial charge in [-0.25, -0.2) is 0 Å². The molecule has 0 spiro atoms. The third kappa shape index (κ3) is 3.92. The summed E-state index contributed by atoms with van der Waals surface area (Å²) in [5, 5.41) is 9.77. The molecule has 8 heteroatoms. The smallest absolute Gasteiger partial charge is 0.232 e. The van der Waals surface area contributed by atoms with Gasteiger partial charge in [0.25, 0.3) is 0 Å². The summed E-state index contributed by atoms with van der Waals surface area (Å²) in [4.78, 5) is 12.7. The topological polar surface area (TPSA) is 113 Å². The largest absolute Gasteiger partial charge is 0.497 e. The Labute approximate surface area is 197 Å². The molecule has 0 aromatic heterocycles. The van der Waals surface area contributed by atoms with Crippen LogP contribution in [0.1, 0.15) is 23.1 Å². The third-order valence-corrected chi connectivity index (χ3v) is 5.94. The molecule has 0 saturated heterocycles. The van der Waals surface area contributed by atoms with Crippen LogP contribution in [0.5, 0.6) is 11.5 Å². The van der Waals surface area contributed by atoms with E-state index in [4.69, 9.17) is 29.4 Å². The third-order valence-electron chi connectivity index (χ3n) is 5.94. The van der Waals surface area contributed by atoms with Crippen LogP contribution in [0.3, 0.4) is 0 Å². The van der Waals surface area contributed by atoms with Gasteiger partial charge < -0.3 is 29.4 Å². The standard InChI is InChI=1S/C26H24N2O6/c1-30-22-12-26(25(28)29,13-23(31-2)24(22)32-3)19-7-5-17(6-8-19)18(14-27)10-16-4-9-20-21(11-16)34-15-33-20/h4-12H,13,15H2,1-3H3,(H2,28,29). The number of nitrogens with two attached hydrogens (primary N) is 1.